The van der Waals surface area contributed by atoms with E-state index >= 15 is 0 Å². The molecule has 0 aliphatic carbocycles. The fourth-order valence-electron chi connectivity index (χ4n) is 3.36. The third-order valence-electron chi connectivity index (χ3n) is 5.08. The summed E-state index contributed by atoms with van der Waals surface area (Å²) in [5.41, 5.74) is 7.08. The molecule has 0 saturated heterocycles. The average Bonchev–Trinajstić information content (AvgIpc) is 2.92. The van der Waals surface area contributed by atoms with Crippen LogP contribution in [0.5, 0.6) is 5.75 Å². The monoisotopic (exact) mass is 553 g/mol. The summed E-state index contributed by atoms with van der Waals surface area (Å²) in [6.45, 7) is 0.492. The van der Waals surface area contributed by atoms with Gasteiger partial charge in [0.1, 0.15) is 17.4 Å². The van der Waals surface area contributed by atoms with E-state index in [1.807, 2.05) is 0 Å². The average molecular weight is 554 g/mol. The molecule has 0 radical (unpaired) electrons. The number of aromatic nitrogens is 2. The molecule has 0 spiro atoms. The molecule has 4 N–H and O–H groups in total. The summed E-state index contributed by atoms with van der Waals surface area (Å²) in [5.74, 6) is -0.0124. The van der Waals surface area contributed by atoms with Gasteiger partial charge in [-0.15, -0.1) is 0 Å². The van der Waals surface area contributed by atoms with E-state index in [9.17, 15) is 13.6 Å². The Morgan fingerprint density at radius 1 is 1.16 bits per heavy atom. The highest BCUT2D eigenvalue weighted by Crippen LogP contribution is 2.36. The second-order valence-electron chi connectivity index (χ2n) is 7.58. The van der Waals surface area contributed by atoms with Crippen molar-refractivity contribution in [3.63, 3.8) is 0 Å². The van der Waals surface area contributed by atoms with Gasteiger partial charge in [-0.1, -0.05) is 29.8 Å². The minimum atomic E-state index is -2.62. The van der Waals surface area contributed by atoms with Crippen LogP contribution in [0.1, 0.15) is 10.4 Å². The van der Waals surface area contributed by atoms with Crippen molar-refractivity contribution in [1.29, 1.82) is 0 Å². The zero-order chi connectivity index (χ0) is 27.1. The van der Waals surface area contributed by atoms with Crippen molar-refractivity contribution < 1.29 is 18.3 Å². The van der Waals surface area contributed by atoms with E-state index in [4.69, 9.17) is 22.1 Å². The normalized spacial score (nSPS) is 11.4. The molecule has 0 saturated carbocycles. The van der Waals surface area contributed by atoms with Gasteiger partial charge in [0.2, 0.25) is 10.0 Å². The Morgan fingerprint density at radius 3 is 2.63 bits per heavy atom. The number of fused-ring (bicyclic) bond motifs is 1. The van der Waals surface area contributed by atoms with Gasteiger partial charge in [-0.2, -0.15) is 0 Å². The lowest BCUT2D eigenvalue weighted by molar-refractivity contribution is 0.0992. The number of hydrogen-bond donors (Lipinski definition) is 3. The number of benzene rings is 3. The largest absolute Gasteiger partial charge is 0.497 e. The van der Waals surface area contributed by atoms with Crippen LogP contribution in [0, 0.1) is 0 Å². The second kappa shape index (κ2) is 12.3. The fraction of sp³-hybridized carbons (Fsp3) is 0.125. The van der Waals surface area contributed by atoms with Gasteiger partial charge in [-0.05, 0) is 42.5 Å². The van der Waals surface area contributed by atoms with Gasteiger partial charge in [-0.3, -0.25) is 9.35 Å². The van der Waals surface area contributed by atoms with Gasteiger partial charge in [-0.25, -0.2) is 18.5 Å². The fourth-order valence-corrected chi connectivity index (χ4v) is 4.09. The van der Waals surface area contributed by atoms with Crippen molar-refractivity contribution in [2.75, 3.05) is 29.8 Å². The number of carbonyl (C=O) groups is 1. The summed E-state index contributed by atoms with van der Waals surface area (Å²) < 4.78 is 29.3. The highest BCUT2D eigenvalue weighted by atomic mass is 35.5. The van der Waals surface area contributed by atoms with Crippen LogP contribution in [0.4, 0.5) is 23.0 Å². The molecule has 0 aliphatic heterocycles. The summed E-state index contributed by atoms with van der Waals surface area (Å²) in [6.07, 6.45) is 0. The molecule has 1 atom stereocenters. The Labute approximate surface area is 224 Å². The standard InChI is InChI=1S/C24H21ClN8O4S/c1-37-17-9-10-18(25)21(14-17)29-22-23(30-20-8-3-2-7-19(20)28-22)33(38(35)36)16-6-4-5-15(13-16)24(34)31-32-27-12-11-26/h2-10,13-14H,11-12,26H2,1H3,(H-,28,29,35,36)/p+1. The maximum absolute atomic E-state index is 12.7. The van der Waals surface area contributed by atoms with E-state index in [1.54, 1.807) is 48.5 Å². The van der Waals surface area contributed by atoms with Crippen LogP contribution in [0.25, 0.3) is 11.0 Å². The number of anilines is 4. The number of rotatable bonds is 9. The number of hydrogen-bond acceptors (Lipinski definition) is 8. The van der Waals surface area contributed by atoms with Crippen LogP contribution < -0.4 is 25.0 Å². The second-order valence-corrected chi connectivity index (χ2v) is 8.81. The zero-order valence-corrected chi connectivity index (χ0v) is 21.6. The molecule has 0 bridgehead atoms. The number of nitrogens with two attached hydrogens (primary N) is 1. The Balaban J connectivity index is 1.83. The van der Waals surface area contributed by atoms with Gasteiger partial charge in [0.15, 0.2) is 11.6 Å². The lowest BCUT2D eigenvalue weighted by Crippen LogP contribution is -2.22. The third kappa shape index (κ3) is 6.17. The topological polar surface area (TPSA) is 169 Å². The number of ether oxygens (including phenoxy) is 1. The number of para-hydroxylation sites is 2. The Bertz CT molecular complexity index is 1580. The molecule has 1 heterocycles. The van der Waals surface area contributed by atoms with Gasteiger partial charge < -0.3 is 15.8 Å². The van der Waals surface area contributed by atoms with Gasteiger partial charge in [0.25, 0.3) is 11.3 Å². The number of amides is 1. The van der Waals surface area contributed by atoms with E-state index in [2.05, 4.69) is 30.4 Å². The van der Waals surface area contributed by atoms with E-state index in [0.717, 1.165) is 4.31 Å². The number of nitrogens with zero attached hydrogens (tertiary/aromatic N) is 6. The molecule has 0 aliphatic rings. The summed E-state index contributed by atoms with van der Waals surface area (Å²) in [4.78, 5) is 25.2. The van der Waals surface area contributed by atoms with Crippen molar-refractivity contribution in [3.05, 3.63) is 77.3 Å². The predicted octanol–water partition coefficient (Wildman–Crippen LogP) is 4.38. The van der Waals surface area contributed by atoms with Gasteiger partial charge in [0.05, 0.1) is 40.1 Å². The smallest absolute Gasteiger partial charge is 0.360 e. The Kier molecular flexibility index (Phi) is 8.69. The van der Waals surface area contributed by atoms with Crippen LogP contribution >= 0.6 is 11.6 Å². The SMILES string of the molecule is COc1ccc(Cl)c(Nc2nc3ccccc3nc2N(c2cccc(C(=O)N=[N+]=NCCN)c2)S(=O)O)c1. The van der Waals surface area contributed by atoms with E-state index in [1.165, 1.54) is 25.3 Å². The molecular formula is C24H22ClN8O4S+. The predicted molar refractivity (Wildman–Crippen MR) is 145 cm³/mol. The first-order valence-corrected chi connectivity index (χ1v) is 12.6. The molecule has 12 nitrogen and oxygen atoms in total. The van der Waals surface area contributed by atoms with Crippen LogP contribution in [0.15, 0.2) is 77.0 Å². The Morgan fingerprint density at radius 2 is 1.92 bits per heavy atom. The maximum atomic E-state index is 12.7. The molecule has 3 aromatic carbocycles. The first-order valence-electron chi connectivity index (χ1n) is 11.1. The molecule has 1 amide bonds. The molecular weight excluding hydrogens is 532 g/mol. The summed E-state index contributed by atoms with van der Waals surface area (Å²) in [7, 11) is 1.52. The quantitative estimate of drug-likeness (QED) is 0.156. The highest BCUT2D eigenvalue weighted by Gasteiger charge is 2.24. The highest BCUT2D eigenvalue weighted by molar-refractivity contribution is 7.81. The van der Waals surface area contributed by atoms with Crippen LogP contribution in [0.3, 0.4) is 0 Å². The zero-order valence-electron chi connectivity index (χ0n) is 20.0. The minimum absolute atomic E-state index is 0.00703. The molecule has 1 unspecified atom stereocenters. The van der Waals surface area contributed by atoms with Gasteiger partial charge >= 0.3 is 5.91 Å². The van der Waals surface area contributed by atoms with Gasteiger partial charge in [0, 0.05) is 12.6 Å². The number of carbonyl (C=O) groups excluding carboxylic acids is 1. The number of methoxy groups -OCH3 is 1. The van der Waals surface area contributed by atoms with E-state index in [-0.39, 0.29) is 36.0 Å². The molecule has 4 rings (SSSR count). The van der Waals surface area contributed by atoms with Crippen molar-refractivity contribution in [2.45, 2.75) is 0 Å². The first-order chi connectivity index (χ1) is 18.4. The number of halogens is 1. The number of nitrogens with one attached hydrogen (secondary N) is 1. The summed E-state index contributed by atoms with van der Waals surface area (Å²) in [5, 5.41) is 10.6. The molecule has 4 aromatic rings. The third-order valence-corrected chi connectivity index (χ3v) is 6.11. The Hall–Kier alpha value is -4.26. The van der Waals surface area contributed by atoms with Crippen molar-refractivity contribution in [3.8, 4) is 5.75 Å². The van der Waals surface area contributed by atoms with E-state index < -0.39 is 17.2 Å². The lowest BCUT2D eigenvalue weighted by Gasteiger charge is -2.22. The summed E-state index contributed by atoms with van der Waals surface area (Å²) >= 11 is 3.77. The van der Waals surface area contributed by atoms with Crippen molar-refractivity contribution in [1.82, 2.24) is 14.9 Å². The maximum Gasteiger partial charge on any atom is 0.360 e. The molecule has 38 heavy (non-hydrogen) atoms. The van der Waals surface area contributed by atoms with E-state index in [0.29, 0.717) is 27.5 Å². The van der Waals surface area contributed by atoms with Crippen LogP contribution in [0.2, 0.25) is 5.02 Å². The lowest BCUT2D eigenvalue weighted by atomic mass is 10.2. The molecule has 0 fully saturated rings. The summed E-state index contributed by atoms with van der Waals surface area (Å²) in [6, 6.07) is 18.0. The van der Waals surface area contributed by atoms with Crippen LogP contribution in [-0.2, 0) is 11.3 Å². The molecule has 1 aromatic heterocycles. The first kappa shape index (κ1) is 26.8. The molecule has 14 heteroatoms. The van der Waals surface area contributed by atoms with Crippen molar-refractivity contribution in [2.24, 2.45) is 16.0 Å². The molecule has 194 valence electrons. The van der Waals surface area contributed by atoms with Crippen LogP contribution in [-0.4, -0.2) is 44.8 Å². The van der Waals surface area contributed by atoms with Crippen molar-refractivity contribution >= 4 is 62.8 Å². The minimum Gasteiger partial charge on any atom is -0.497 e.